The number of aromatic nitrogens is 3. The van der Waals surface area contributed by atoms with Gasteiger partial charge in [0.1, 0.15) is 17.1 Å². The molecule has 0 amide bonds. The van der Waals surface area contributed by atoms with E-state index >= 15 is 0 Å². The summed E-state index contributed by atoms with van der Waals surface area (Å²) in [6, 6.07) is 14.1. The van der Waals surface area contributed by atoms with Gasteiger partial charge >= 0.3 is 0 Å². The van der Waals surface area contributed by atoms with Crippen LogP contribution >= 0.6 is 11.8 Å². The summed E-state index contributed by atoms with van der Waals surface area (Å²) in [6.45, 7) is 10.1. The number of rotatable bonds is 5. The number of aryl methyl sites for hydroxylation is 1. The molecular weight excluding hydrogens is 370 g/mol. The highest BCUT2D eigenvalue weighted by atomic mass is 32.2. The lowest BCUT2D eigenvalue weighted by Crippen LogP contribution is -2.10. The van der Waals surface area contributed by atoms with Gasteiger partial charge in [-0.1, -0.05) is 55.9 Å². The van der Waals surface area contributed by atoms with Crippen LogP contribution in [-0.2, 0) is 5.41 Å². The van der Waals surface area contributed by atoms with E-state index in [9.17, 15) is 4.79 Å². The van der Waals surface area contributed by atoms with Crippen LogP contribution in [0.4, 0.5) is 0 Å². The Balaban J connectivity index is 2.01. The van der Waals surface area contributed by atoms with E-state index < -0.39 is 0 Å². The van der Waals surface area contributed by atoms with Crippen molar-refractivity contribution >= 4 is 17.5 Å². The van der Waals surface area contributed by atoms with Crippen LogP contribution in [0.5, 0.6) is 5.75 Å². The second-order valence-corrected chi connectivity index (χ2v) is 8.83. The van der Waals surface area contributed by atoms with Gasteiger partial charge in [-0.3, -0.25) is 4.79 Å². The van der Waals surface area contributed by atoms with Crippen LogP contribution in [0, 0.1) is 6.92 Å². The molecule has 0 aliphatic carbocycles. The Hall–Kier alpha value is -2.60. The molecule has 0 spiro atoms. The Labute approximate surface area is 170 Å². The summed E-state index contributed by atoms with van der Waals surface area (Å²) in [4.78, 5) is 13.4. The number of ketones is 1. The van der Waals surface area contributed by atoms with E-state index in [0.29, 0.717) is 22.2 Å². The first-order valence-corrected chi connectivity index (χ1v) is 9.92. The average Bonchev–Trinajstić information content (AvgIpc) is 3.05. The molecule has 0 aliphatic heterocycles. The molecule has 0 radical (unpaired) electrons. The summed E-state index contributed by atoms with van der Waals surface area (Å²) in [7, 11) is 1.60. The highest BCUT2D eigenvalue weighted by Gasteiger charge is 2.22. The fourth-order valence-corrected chi connectivity index (χ4v) is 3.80. The standard InChI is InChI=1S/C22H25N3O2S/c1-14-7-12-19(27-6)18(13-14)25-20(15(2)26)21(23-24-25)28-17-10-8-16(9-11-17)22(3,4)5/h7-13H,1-6H3. The Kier molecular flexibility index (Phi) is 5.61. The van der Waals surface area contributed by atoms with Crippen molar-refractivity contribution in [1.29, 1.82) is 0 Å². The van der Waals surface area contributed by atoms with Gasteiger partial charge in [0.2, 0.25) is 0 Å². The number of hydrogen-bond acceptors (Lipinski definition) is 5. The van der Waals surface area contributed by atoms with E-state index in [1.807, 2.05) is 25.1 Å². The zero-order valence-corrected chi connectivity index (χ0v) is 17.9. The maximum absolute atomic E-state index is 12.4. The second kappa shape index (κ2) is 7.80. The van der Waals surface area contributed by atoms with Crippen molar-refractivity contribution in [2.24, 2.45) is 0 Å². The van der Waals surface area contributed by atoms with E-state index in [1.54, 1.807) is 11.8 Å². The molecule has 0 N–H and O–H groups in total. The number of hydrogen-bond donors (Lipinski definition) is 0. The molecule has 146 valence electrons. The lowest BCUT2D eigenvalue weighted by atomic mass is 9.87. The van der Waals surface area contributed by atoms with Crippen molar-refractivity contribution in [3.05, 3.63) is 59.3 Å². The number of ether oxygens (including phenoxy) is 1. The molecule has 5 nitrogen and oxygen atoms in total. The number of methoxy groups -OCH3 is 1. The minimum absolute atomic E-state index is 0.0950. The Morgan fingerprint density at radius 2 is 1.79 bits per heavy atom. The Morgan fingerprint density at radius 1 is 1.11 bits per heavy atom. The summed E-state index contributed by atoms with van der Waals surface area (Å²) in [5, 5.41) is 9.12. The van der Waals surface area contributed by atoms with E-state index in [0.717, 1.165) is 10.5 Å². The van der Waals surface area contributed by atoms with Gasteiger partial charge in [-0.25, -0.2) is 4.68 Å². The smallest absolute Gasteiger partial charge is 0.181 e. The fourth-order valence-electron chi connectivity index (χ4n) is 2.91. The molecule has 1 aromatic heterocycles. The van der Waals surface area contributed by atoms with Crippen LogP contribution in [0.15, 0.2) is 52.4 Å². The number of nitrogens with zero attached hydrogens (tertiary/aromatic N) is 3. The molecule has 0 saturated carbocycles. The van der Waals surface area contributed by atoms with Gasteiger partial charge in [-0.05, 0) is 47.7 Å². The van der Waals surface area contributed by atoms with E-state index in [2.05, 4.69) is 55.3 Å². The first kappa shape index (κ1) is 20.1. The van der Waals surface area contributed by atoms with Gasteiger partial charge < -0.3 is 4.74 Å². The van der Waals surface area contributed by atoms with Gasteiger partial charge in [0, 0.05) is 11.8 Å². The molecule has 28 heavy (non-hydrogen) atoms. The first-order chi connectivity index (χ1) is 13.2. The predicted octanol–water partition coefficient (Wildman–Crippen LogP) is 5.24. The third-order valence-corrected chi connectivity index (χ3v) is 5.45. The second-order valence-electron chi connectivity index (χ2n) is 7.76. The molecule has 0 unspecified atom stereocenters. The van der Waals surface area contributed by atoms with Crippen LogP contribution < -0.4 is 4.74 Å². The van der Waals surface area contributed by atoms with Crippen LogP contribution in [-0.4, -0.2) is 27.9 Å². The molecule has 3 aromatic rings. The van der Waals surface area contributed by atoms with Crippen molar-refractivity contribution in [2.45, 2.75) is 50.0 Å². The van der Waals surface area contributed by atoms with Gasteiger partial charge in [-0.15, -0.1) is 5.10 Å². The monoisotopic (exact) mass is 395 g/mol. The van der Waals surface area contributed by atoms with Crippen LogP contribution in [0.1, 0.15) is 49.3 Å². The van der Waals surface area contributed by atoms with E-state index in [1.165, 1.54) is 24.2 Å². The molecule has 0 fully saturated rings. The number of carbonyl (C=O) groups excluding carboxylic acids is 1. The van der Waals surface area contributed by atoms with Crippen molar-refractivity contribution in [2.75, 3.05) is 7.11 Å². The molecule has 6 heteroatoms. The summed E-state index contributed by atoms with van der Waals surface area (Å²) in [6.07, 6.45) is 0. The number of benzene rings is 2. The molecule has 2 aromatic carbocycles. The summed E-state index contributed by atoms with van der Waals surface area (Å²) >= 11 is 1.44. The molecule has 0 saturated heterocycles. The molecule has 0 aliphatic rings. The van der Waals surface area contributed by atoms with Gasteiger partial charge in [0.15, 0.2) is 10.8 Å². The quantitative estimate of drug-likeness (QED) is 0.553. The first-order valence-electron chi connectivity index (χ1n) is 9.10. The lowest BCUT2D eigenvalue weighted by molar-refractivity contribution is 0.100. The summed E-state index contributed by atoms with van der Waals surface area (Å²) in [5.74, 6) is 0.548. The number of carbonyl (C=O) groups is 1. The topological polar surface area (TPSA) is 57.0 Å². The van der Waals surface area contributed by atoms with Crippen molar-refractivity contribution in [3.8, 4) is 11.4 Å². The minimum Gasteiger partial charge on any atom is -0.494 e. The SMILES string of the molecule is COc1ccc(C)cc1-n1nnc(Sc2ccc(C(C)(C)C)cc2)c1C(C)=O. The highest BCUT2D eigenvalue weighted by molar-refractivity contribution is 7.99. The number of Topliss-reactive ketones (excluding diaryl/α,β-unsaturated/α-hetero) is 1. The molecule has 1 heterocycles. The summed E-state index contributed by atoms with van der Waals surface area (Å²) < 4.78 is 7.02. The zero-order valence-electron chi connectivity index (χ0n) is 17.1. The Morgan fingerprint density at radius 3 is 2.36 bits per heavy atom. The minimum atomic E-state index is -0.0950. The Bertz CT molecular complexity index is 1000. The molecular formula is C22H25N3O2S. The molecule has 3 rings (SSSR count). The predicted molar refractivity (Wildman–Crippen MR) is 112 cm³/mol. The highest BCUT2D eigenvalue weighted by Crippen LogP contribution is 2.33. The largest absolute Gasteiger partial charge is 0.494 e. The van der Waals surface area contributed by atoms with E-state index in [-0.39, 0.29) is 11.2 Å². The molecule has 0 bridgehead atoms. The third-order valence-electron chi connectivity index (χ3n) is 4.47. The van der Waals surface area contributed by atoms with Crippen molar-refractivity contribution < 1.29 is 9.53 Å². The molecule has 0 atom stereocenters. The van der Waals surface area contributed by atoms with Crippen LogP contribution in [0.3, 0.4) is 0 Å². The normalized spacial score (nSPS) is 11.5. The van der Waals surface area contributed by atoms with Crippen LogP contribution in [0.25, 0.3) is 5.69 Å². The van der Waals surface area contributed by atoms with Gasteiger partial charge in [0.25, 0.3) is 0 Å². The van der Waals surface area contributed by atoms with E-state index in [4.69, 9.17) is 4.74 Å². The van der Waals surface area contributed by atoms with Crippen molar-refractivity contribution in [1.82, 2.24) is 15.0 Å². The lowest BCUT2D eigenvalue weighted by Gasteiger charge is -2.18. The fraction of sp³-hybridized carbons (Fsp3) is 0.318. The van der Waals surface area contributed by atoms with Gasteiger partial charge in [-0.2, -0.15) is 0 Å². The van der Waals surface area contributed by atoms with Crippen LogP contribution in [0.2, 0.25) is 0 Å². The zero-order chi connectivity index (χ0) is 20.5. The maximum Gasteiger partial charge on any atom is 0.181 e. The third kappa shape index (κ3) is 4.12. The summed E-state index contributed by atoms with van der Waals surface area (Å²) in [5.41, 5.74) is 3.56. The van der Waals surface area contributed by atoms with Gasteiger partial charge in [0.05, 0.1) is 7.11 Å². The average molecular weight is 396 g/mol. The maximum atomic E-state index is 12.4. The van der Waals surface area contributed by atoms with Crippen molar-refractivity contribution in [3.63, 3.8) is 0 Å².